The van der Waals surface area contributed by atoms with Gasteiger partial charge >= 0.3 is 0 Å². The maximum Gasteiger partial charge on any atom is 0.227 e. The lowest BCUT2D eigenvalue weighted by Gasteiger charge is -2.33. The maximum absolute atomic E-state index is 12.5. The minimum atomic E-state index is 0.251. The molecule has 0 radical (unpaired) electrons. The first kappa shape index (κ1) is 14.6. The molecule has 0 aromatic heterocycles. The van der Waals surface area contributed by atoms with E-state index in [0.29, 0.717) is 5.91 Å². The van der Waals surface area contributed by atoms with Gasteiger partial charge in [-0.15, -0.1) is 0 Å². The fraction of sp³-hybridized carbons (Fsp3) is 0.611. The summed E-state index contributed by atoms with van der Waals surface area (Å²) in [5.41, 5.74) is 1.43. The van der Waals surface area contributed by atoms with E-state index in [-0.39, 0.29) is 5.92 Å². The molecule has 2 heterocycles. The van der Waals surface area contributed by atoms with Crippen molar-refractivity contribution in [2.75, 3.05) is 33.2 Å². The number of piperidine rings is 1. The van der Waals surface area contributed by atoms with Crippen molar-refractivity contribution < 1.29 is 4.79 Å². The van der Waals surface area contributed by atoms with Crippen molar-refractivity contribution in [1.29, 1.82) is 0 Å². The Morgan fingerprint density at radius 1 is 1.10 bits per heavy atom. The summed E-state index contributed by atoms with van der Waals surface area (Å²) in [5, 5.41) is 0. The van der Waals surface area contributed by atoms with E-state index in [1.165, 1.54) is 5.56 Å². The third-order valence-electron chi connectivity index (χ3n) is 5.03. The molecular formula is C18H26N2O. The van der Waals surface area contributed by atoms with E-state index >= 15 is 0 Å². The fourth-order valence-electron chi connectivity index (χ4n) is 3.70. The van der Waals surface area contributed by atoms with Crippen LogP contribution < -0.4 is 0 Å². The molecule has 2 aliphatic heterocycles. The molecule has 0 saturated carbocycles. The van der Waals surface area contributed by atoms with Gasteiger partial charge in [-0.1, -0.05) is 30.3 Å². The predicted octanol–water partition coefficient (Wildman–Crippen LogP) is 2.42. The van der Waals surface area contributed by atoms with Gasteiger partial charge in [0.2, 0.25) is 5.91 Å². The first-order chi connectivity index (χ1) is 10.2. The minimum Gasteiger partial charge on any atom is -0.342 e. The Labute approximate surface area is 127 Å². The van der Waals surface area contributed by atoms with Gasteiger partial charge in [0, 0.05) is 19.6 Å². The molecule has 2 fully saturated rings. The molecule has 3 nitrogen and oxygen atoms in total. The van der Waals surface area contributed by atoms with Crippen molar-refractivity contribution in [3.63, 3.8) is 0 Å². The molecule has 2 saturated heterocycles. The molecule has 1 aromatic carbocycles. The minimum absolute atomic E-state index is 0.251. The molecular weight excluding hydrogens is 260 g/mol. The van der Waals surface area contributed by atoms with E-state index in [0.717, 1.165) is 57.8 Å². The lowest BCUT2D eigenvalue weighted by Crippen LogP contribution is -2.42. The number of amides is 1. The highest BCUT2D eigenvalue weighted by Gasteiger charge is 2.31. The number of nitrogens with zero attached hydrogens (tertiary/aromatic N) is 2. The smallest absolute Gasteiger partial charge is 0.227 e. The van der Waals surface area contributed by atoms with Crippen LogP contribution in [0.1, 0.15) is 24.8 Å². The second-order valence-electron chi connectivity index (χ2n) is 6.71. The standard InChI is InChI=1S/C18H26N2O/c1-19-10-9-17(14-19)18(21)20-11-7-16(8-12-20)13-15-5-3-2-4-6-15/h2-6,16-17H,7-14H2,1H3. The molecule has 21 heavy (non-hydrogen) atoms. The van der Waals surface area contributed by atoms with Gasteiger partial charge in [0.25, 0.3) is 0 Å². The lowest BCUT2D eigenvalue weighted by atomic mass is 9.89. The van der Waals surface area contributed by atoms with Crippen LogP contribution in [0, 0.1) is 11.8 Å². The Morgan fingerprint density at radius 2 is 1.81 bits per heavy atom. The molecule has 0 bridgehead atoms. The molecule has 3 heteroatoms. The zero-order chi connectivity index (χ0) is 14.7. The highest BCUT2D eigenvalue weighted by atomic mass is 16.2. The van der Waals surface area contributed by atoms with Crippen molar-refractivity contribution in [2.45, 2.75) is 25.7 Å². The van der Waals surface area contributed by atoms with Gasteiger partial charge in [0.15, 0.2) is 0 Å². The van der Waals surface area contributed by atoms with Gasteiger partial charge in [0.1, 0.15) is 0 Å². The monoisotopic (exact) mass is 286 g/mol. The van der Waals surface area contributed by atoms with Crippen LogP contribution in [0.3, 0.4) is 0 Å². The second kappa shape index (κ2) is 6.61. The summed E-state index contributed by atoms with van der Waals surface area (Å²) in [6, 6.07) is 10.7. The van der Waals surface area contributed by atoms with Gasteiger partial charge in [-0.05, 0) is 50.8 Å². The van der Waals surface area contributed by atoms with Crippen LogP contribution >= 0.6 is 0 Å². The van der Waals surface area contributed by atoms with Crippen molar-refractivity contribution in [3.05, 3.63) is 35.9 Å². The summed E-state index contributed by atoms with van der Waals surface area (Å²) in [6.45, 7) is 3.93. The molecule has 3 rings (SSSR count). The molecule has 0 N–H and O–H groups in total. The summed E-state index contributed by atoms with van der Waals surface area (Å²) in [6.07, 6.45) is 4.51. The molecule has 114 valence electrons. The van der Waals surface area contributed by atoms with Gasteiger partial charge < -0.3 is 9.80 Å². The fourth-order valence-corrected chi connectivity index (χ4v) is 3.70. The van der Waals surface area contributed by atoms with Gasteiger partial charge in [-0.25, -0.2) is 0 Å². The summed E-state index contributed by atoms with van der Waals surface area (Å²) in [7, 11) is 2.11. The third-order valence-corrected chi connectivity index (χ3v) is 5.03. The molecule has 0 aliphatic carbocycles. The zero-order valence-corrected chi connectivity index (χ0v) is 13.0. The Balaban J connectivity index is 1.47. The Hall–Kier alpha value is -1.35. The summed E-state index contributed by atoms with van der Waals surface area (Å²) < 4.78 is 0. The lowest BCUT2D eigenvalue weighted by molar-refractivity contribution is -0.136. The Bertz CT molecular complexity index is 465. The van der Waals surface area contributed by atoms with Crippen LogP contribution in [0.25, 0.3) is 0 Å². The van der Waals surface area contributed by atoms with E-state index in [1.807, 2.05) is 0 Å². The van der Waals surface area contributed by atoms with Crippen molar-refractivity contribution in [2.24, 2.45) is 11.8 Å². The average Bonchev–Trinajstić information content (AvgIpc) is 2.95. The topological polar surface area (TPSA) is 23.6 Å². The number of rotatable bonds is 3. The Morgan fingerprint density at radius 3 is 2.43 bits per heavy atom. The van der Waals surface area contributed by atoms with Gasteiger partial charge in [-0.2, -0.15) is 0 Å². The highest BCUT2D eigenvalue weighted by molar-refractivity contribution is 5.79. The largest absolute Gasteiger partial charge is 0.342 e. The molecule has 1 atom stereocenters. The van der Waals surface area contributed by atoms with Crippen molar-refractivity contribution in [1.82, 2.24) is 9.80 Å². The van der Waals surface area contributed by atoms with E-state index in [1.54, 1.807) is 0 Å². The molecule has 1 amide bonds. The number of hydrogen-bond acceptors (Lipinski definition) is 2. The van der Waals surface area contributed by atoms with Crippen molar-refractivity contribution >= 4 is 5.91 Å². The molecule has 1 unspecified atom stereocenters. The predicted molar refractivity (Wildman–Crippen MR) is 85.1 cm³/mol. The number of carbonyl (C=O) groups excluding carboxylic acids is 1. The number of carbonyl (C=O) groups is 1. The van der Waals surface area contributed by atoms with Crippen LogP contribution in [-0.4, -0.2) is 48.9 Å². The van der Waals surface area contributed by atoms with Gasteiger partial charge in [-0.3, -0.25) is 4.79 Å². The van der Waals surface area contributed by atoms with E-state index in [9.17, 15) is 4.79 Å². The summed E-state index contributed by atoms with van der Waals surface area (Å²) in [5.74, 6) is 1.39. The highest BCUT2D eigenvalue weighted by Crippen LogP contribution is 2.24. The maximum atomic E-state index is 12.5. The van der Waals surface area contributed by atoms with Crippen LogP contribution in [-0.2, 0) is 11.2 Å². The van der Waals surface area contributed by atoms with Crippen molar-refractivity contribution in [3.8, 4) is 0 Å². The van der Waals surface area contributed by atoms with Crippen LogP contribution in [0.5, 0.6) is 0 Å². The number of likely N-dealkylation sites (tertiary alicyclic amines) is 2. The van der Waals surface area contributed by atoms with Crippen LogP contribution in [0.2, 0.25) is 0 Å². The Kier molecular flexibility index (Phi) is 4.59. The van der Waals surface area contributed by atoms with E-state index in [2.05, 4.69) is 47.2 Å². The first-order valence-corrected chi connectivity index (χ1v) is 8.23. The van der Waals surface area contributed by atoms with E-state index in [4.69, 9.17) is 0 Å². The van der Waals surface area contributed by atoms with Gasteiger partial charge in [0.05, 0.1) is 5.92 Å². The number of hydrogen-bond donors (Lipinski definition) is 0. The molecule has 2 aliphatic rings. The number of benzene rings is 1. The van der Waals surface area contributed by atoms with Crippen LogP contribution in [0.4, 0.5) is 0 Å². The van der Waals surface area contributed by atoms with Crippen LogP contribution in [0.15, 0.2) is 30.3 Å². The third kappa shape index (κ3) is 3.65. The molecule has 1 aromatic rings. The molecule has 0 spiro atoms. The zero-order valence-electron chi connectivity index (χ0n) is 13.0. The SMILES string of the molecule is CN1CCC(C(=O)N2CCC(Cc3ccccc3)CC2)C1. The quantitative estimate of drug-likeness (QED) is 0.852. The summed E-state index contributed by atoms with van der Waals surface area (Å²) in [4.78, 5) is 16.9. The second-order valence-corrected chi connectivity index (χ2v) is 6.71. The average molecular weight is 286 g/mol. The van der Waals surface area contributed by atoms with E-state index < -0.39 is 0 Å². The first-order valence-electron chi connectivity index (χ1n) is 8.23. The summed E-state index contributed by atoms with van der Waals surface area (Å²) >= 11 is 0. The normalized spacial score (nSPS) is 24.4.